The Morgan fingerprint density at radius 2 is 1.82 bits per heavy atom. The summed E-state index contributed by atoms with van der Waals surface area (Å²) in [5.74, 6) is 0.982. The van der Waals surface area contributed by atoms with Crippen molar-refractivity contribution in [1.29, 1.82) is 0 Å². The molecule has 1 saturated heterocycles. The van der Waals surface area contributed by atoms with Gasteiger partial charge in [0.15, 0.2) is 0 Å². The van der Waals surface area contributed by atoms with Crippen molar-refractivity contribution in [2.24, 2.45) is 0 Å². The Morgan fingerprint density at radius 3 is 2.55 bits per heavy atom. The maximum absolute atomic E-state index is 5.73. The zero-order valence-corrected chi connectivity index (χ0v) is 13.8. The van der Waals surface area contributed by atoms with Gasteiger partial charge in [0.05, 0.1) is 6.61 Å². The maximum Gasteiger partial charge on any atom is 0.119 e. The van der Waals surface area contributed by atoms with E-state index in [1.54, 1.807) is 0 Å². The number of hydrogen-bond donors (Lipinski definition) is 0. The average Bonchev–Trinajstić information content (AvgIpc) is 3.36. The Morgan fingerprint density at radius 1 is 1.09 bits per heavy atom. The molecule has 0 bridgehead atoms. The minimum Gasteiger partial charge on any atom is -0.491 e. The summed E-state index contributed by atoms with van der Waals surface area (Å²) < 4.78 is 10.9. The number of hydrogen-bond acceptors (Lipinski definition) is 2. The number of unbranched alkanes of at least 4 members (excludes halogenated alkanes) is 7. The normalized spacial score (nSPS) is 16.5. The lowest BCUT2D eigenvalue weighted by atomic mass is 10.0. The van der Waals surface area contributed by atoms with Crippen molar-refractivity contribution in [3.8, 4) is 5.75 Å². The zero-order chi connectivity index (χ0) is 15.5. The Balaban J connectivity index is 1.50. The van der Waals surface area contributed by atoms with Crippen molar-refractivity contribution in [2.45, 2.75) is 63.9 Å². The molecule has 1 atom stereocenters. The van der Waals surface area contributed by atoms with Crippen LogP contribution < -0.4 is 4.74 Å². The first-order valence-electron chi connectivity index (χ1n) is 8.83. The number of allylic oxidation sites excluding steroid dienone is 1. The molecule has 1 aliphatic heterocycles. The first kappa shape index (κ1) is 17.1. The SMILES string of the molecule is C=CCCCCCCCCCc1cccc(OCC2CO2)c1. The largest absolute Gasteiger partial charge is 0.491 e. The molecule has 0 spiro atoms. The molecule has 0 saturated carbocycles. The van der Waals surface area contributed by atoms with Gasteiger partial charge in [-0.05, 0) is 43.4 Å². The van der Waals surface area contributed by atoms with Crippen LogP contribution in [0.5, 0.6) is 5.75 Å². The molecule has 0 radical (unpaired) electrons. The molecule has 2 rings (SSSR count). The standard InChI is InChI=1S/C20H30O2/c1-2-3-4-5-6-7-8-9-10-12-18-13-11-14-19(15-18)21-16-20-17-22-20/h2,11,13-15,20H,1,3-10,12,16-17H2. The summed E-state index contributed by atoms with van der Waals surface area (Å²) >= 11 is 0. The second kappa shape index (κ2) is 10.4. The quantitative estimate of drug-likeness (QED) is 0.280. The van der Waals surface area contributed by atoms with Crippen LogP contribution in [0.3, 0.4) is 0 Å². The van der Waals surface area contributed by atoms with Gasteiger partial charge in [0.1, 0.15) is 18.5 Å². The second-order valence-electron chi connectivity index (χ2n) is 6.22. The monoisotopic (exact) mass is 302 g/mol. The van der Waals surface area contributed by atoms with Crippen LogP contribution in [0, 0.1) is 0 Å². The van der Waals surface area contributed by atoms with Crippen molar-refractivity contribution in [3.63, 3.8) is 0 Å². The van der Waals surface area contributed by atoms with E-state index in [0.29, 0.717) is 12.7 Å². The number of benzene rings is 1. The third kappa shape index (κ3) is 7.65. The first-order chi connectivity index (χ1) is 10.9. The van der Waals surface area contributed by atoms with Crippen LogP contribution in [-0.4, -0.2) is 19.3 Å². The molecule has 1 aromatic carbocycles. The van der Waals surface area contributed by atoms with Crippen LogP contribution in [0.4, 0.5) is 0 Å². The number of epoxide rings is 1. The first-order valence-corrected chi connectivity index (χ1v) is 8.83. The van der Waals surface area contributed by atoms with Gasteiger partial charge in [-0.3, -0.25) is 0 Å². The third-order valence-corrected chi connectivity index (χ3v) is 4.11. The van der Waals surface area contributed by atoms with Crippen molar-refractivity contribution in [3.05, 3.63) is 42.5 Å². The third-order valence-electron chi connectivity index (χ3n) is 4.11. The fourth-order valence-corrected chi connectivity index (χ4v) is 2.65. The summed E-state index contributed by atoms with van der Waals surface area (Å²) in [6.45, 7) is 5.31. The van der Waals surface area contributed by atoms with E-state index in [1.165, 1.54) is 56.9 Å². The molecule has 22 heavy (non-hydrogen) atoms. The molecular weight excluding hydrogens is 272 g/mol. The fraction of sp³-hybridized carbons (Fsp3) is 0.600. The van der Waals surface area contributed by atoms with Crippen LogP contribution in [0.25, 0.3) is 0 Å². The maximum atomic E-state index is 5.73. The van der Waals surface area contributed by atoms with E-state index in [2.05, 4.69) is 24.8 Å². The molecule has 0 N–H and O–H groups in total. The zero-order valence-electron chi connectivity index (χ0n) is 13.8. The van der Waals surface area contributed by atoms with Gasteiger partial charge in [0, 0.05) is 0 Å². The van der Waals surface area contributed by atoms with Crippen molar-refractivity contribution >= 4 is 0 Å². The van der Waals surface area contributed by atoms with Gasteiger partial charge in [-0.2, -0.15) is 0 Å². The highest BCUT2D eigenvalue weighted by Crippen LogP contribution is 2.18. The molecule has 1 aliphatic rings. The lowest BCUT2D eigenvalue weighted by Crippen LogP contribution is -2.04. The molecular formula is C20H30O2. The molecule has 1 unspecified atom stereocenters. The molecule has 1 fully saturated rings. The van der Waals surface area contributed by atoms with Crippen LogP contribution in [0.2, 0.25) is 0 Å². The van der Waals surface area contributed by atoms with E-state index < -0.39 is 0 Å². The Labute approximate surface area is 135 Å². The molecule has 0 amide bonds. The van der Waals surface area contributed by atoms with Gasteiger partial charge >= 0.3 is 0 Å². The van der Waals surface area contributed by atoms with Crippen molar-refractivity contribution in [2.75, 3.05) is 13.2 Å². The molecule has 1 aromatic rings. The predicted molar refractivity (Wildman–Crippen MR) is 92.5 cm³/mol. The lowest BCUT2D eigenvalue weighted by Gasteiger charge is -2.07. The molecule has 2 heteroatoms. The van der Waals surface area contributed by atoms with E-state index in [0.717, 1.165) is 18.8 Å². The summed E-state index contributed by atoms with van der Waals surface area (Å²) in [5, 5.41) is 0. The molecule has 1 heterocycles. The van der Waals surface area contributed by atoms with Gasteiger partial charge in [-0.1, -0.05) is 50.3 Å². The smallest absolute Gasteiger partial charge is 0.119 e. The van der Waals surface area contributed by atoms with Gasteiger partial charge in [0.25, 0.3) is 0 Å². The second-order valence-corrected chi connectivity index (χ2v) is 6.22. The van der Waals surface area contributed by atoms with Crippen LogP contribution in [-0.2, 0) is 11.2 Å². The minimum atomic E-state index is 0.329. The van der Waals surface area contributed by atoms with E-state index in [4.69, 9.17) is 9.47 Å². The van der Waals surface area contributed by atoms with Crippen LogP contribution >= 0.6 is 0 Å². The number of aryl methyl sites for hydroxylation is 1. The highest BCUT2D eigenvalue weighted by atomic mass is 16.6. The van der Waals surface area contributed by atoms with E-state index in [9.17, 15) is 0 Å². The summed E-state index contributed by atoms with van der Waals surface area (Å²) in [5.41, 5.74) is 1.39. The van der Waals surface area contributed by atoms with Crippen molar-refractivity contribution in [1.82, 2.24) is 0 Å². The average molecular weight is 302 g/mol. The van der Waals surface area contributed by atoms with Crippen LogP contribution in [0.15, 0.2) is 36.9 Å². The predicted octanol–water partition coefficient (Wildman–Crippen LogP) is 5.31. The summed E-state index contributed by atoms with van der Waals surface area (Å²) in [6.07, 6.45) is 14.1. The number of rotatable bonds is 13. The lowest BCUT2D eigenvalue weighted by molar-refractivity contribution is 0.263. The topological polar surface area (TPSA) is 21.8 Å². The van der Waals surface area contributed by atoms with Crippen LogP contribution in [0.1, 0.15) is 56.9 Å². The highest BCUT2D eigenvalue weighted by Gasteiger charge is 2.22. The van der Waals surface area contributed by atoms with Gasteiger partial charge < -0.3 is 9.47 Å². The minimum absolute atomic E-state index is 0.329. The molecule has 0 aliphatic carbocycles. The van der Waals surface area contributed by atoms with Gasteiger partial charge in [0.2, 0.25) is 0 Å². The van der Waals surface area contributed by atoms with E-state index >= 15 is 0 Å². The Bertz CT molecular complexity index is 423. The number of ether oxygens (including phenoxy) is 2. The molecule has 0 aromatic heterocycles. The Kier molecular flexibility index (Phi) is 8.11. The van der Waals surface area contributed by atoms with Crippen molar-refractivity contribution < 1.29 is 9.47 Å². The summed E-state index contributed by atoms with van der Waals surface area (Å²) in [7, 11) is 0. The molecule has 2 nitrogen and oxygen atoms in total. The van der Waals surface area contributed by atoms with Gasteiger partial charge in [-0.25, -0.2) is 0 Å². The van der Waals surface area contributed by atoms with Gasteiger partial charge in [-0.15, -0.1) is 6.58 Å². The Hall–Kier alpha value is -1.28. The molecule has 122 valence electrons. The van der Waals surface area contributed by atoms with E-state index in [-0.39, 0.29) is 0 Å². The van der Waals surface area contributed by atoms with E-state index in [1.807, 2.05) is 12.1 Å². The highest BCUT2D eigenvalue weighted by molar-refractivity contribution is 5.28. The summed E-state index contributed by atoms with van der Waals surface area (Å²) in [4.78, 5) is 0. The summed E-state index contributed by atoms with van der Waals surface area (Å²) in [6, 6.07) is 8.51. The fourth-order valence-electron chi connectivity index (χ4n) is 2.65.